The predicted molar refractivity (Wildman–Crippen MR) is 69.5 cm³/mol. The Hall–Kier alpha value is -1.54. The molecular weight excluding hydrogens is 282 g/mol. The van der Waals surface area contributed by atoms with E-state index in [-0.39, 0.29) is 6.03 Å². The fourth-order valence-electron chi connectivity index (χ4n) is 1.31. The first-order valence-electron chi connectivity index (χ1n) is 5.36. The molecule has 0 atom stereocenters. The molecule has 4 nitrogen and oxygen atoms in total. The van der Waals surface area contributed by atoms with Gasteiger partial charge in [0.05, 0.1) is 12.5 Å². The van der Waals surface area contributed by atoms with Gasteiger partial charge in [-0.15, -0.1) is 0 Å². The van der Waals surface area contributed by atoms with Gasteiger partial charge in [0.1, 0.15) is 0 Å². The number of rotatable bonds is 5. The second kappa shape index (κ2) is 7.69. The zero-order valence-electron chi connectivity index (χ0n) is 9.37. The van der Waals surface area contributed by atoms with Crippen molar-refractivity contribution < 1.29 is 4.79 Å². The molecule has 0 unspecified atom stereocenters. The topological polar surface area (TPSA) is 64.9 Å². The highest BCUT2D eigenvalue weighted by atomic mass is 79.9. The zero-order chi connectivity index (χ0) is 12.5. The summed E-state index contributed by atoms with van der Waals surface area (Å²) >= 11 is 3.45. The summed E-state index contributed by atoms with van der Waals surface area (Å²) in [4.78, 5) is 11.2. The van der Waals surface area contributed by atoms with Gasteiger partial charge >= 0.3 is 6.03 Å². The third kappa shape index (κ3) is 5.36. The molecule has 0 saturated heterocycles. The number of halogens is 1. The van der Waals surface area contributed by atoms with E-state index in [1.807, 2.05) is 30.3 Å². The van der Waals surface area contributed by atoms with Crippen molar-refractivity contribution in [3.8, 4) is 6.07 Å². The maximum absolute atomic E-state index is 11.2. The number of carbonyl (C=O) groups is 1. The van der Waals surface area contributed by atoms with E-state index in [0.717, 1.165) is 16.5 Å². The number of urea groups is 1. The first kappa shape index (κ1) is 13.5. The first-order chi connectivity index (χ1) is 8.24. The van der Waals surface area contributed by atoms with E-state index >= 15 is 0 Å². The molecule has 2 amide bonds. The summed E-state index contributed by atoms with van der Waals surface area (Å²) in [5.41, 5.74) is 1.16. The molecule has 0 aromatic heterocycles. The van der Waals surface area contributed by atoms with E-state index in [4.69, 9.17) is 5.26 Å². The maximum atomic E-state index is 11.2. The van der Waals surface area contributed by atoms with Crippen LogP contribution in [0.15, 0.2) is 28.7 Å². The molecule has 0 aliphatic rings. The molecular formula is C12H14BrN3O. The Bertz CT molecular complexity index is 414. The summed E-state index contributed by atoms with van der Waals surface area (Å²) in [6.45, 7) is 0.957. The third-order valence-corrected chi connectivity index (χ3v) is 2.93. The summed E-state index contributed by atoms with van der Waals surface area (Å²) in [5, 5.41) is 13.6. The Morgan fingerprint density at radius 3 is 2.71 bits per heavy atom. The Kier molecular flexibility index (Phi) is 6.12. The number of nitriles is 1. The summed E-state index contributed by atoms with van der Waals surface area (Å²) in [6.07, 6.45) is 1.10. The van der Waals surface area contributed by atoms with Gasteiger partial charge in [0.25, 0.3) is 0 Å². The van der Waals surface area contributed by atoms with Crippen molar-refractivity contribution in [2.24, 2.45) is 0 Å². The maximum Gasteiger partial charge on any atom is 0.314 e. The molecule has 0 spiro atoms. The van der Waals surface area contributed by atoms with Gasteiger partial charge < -0.3 is 10.6 Å². The van der Waals surface area contributed by atoms with Crippen LogP contribution in [0.1, 0.15) is 12.0 Å². The molecule has 2 N–H and O–H groups in total. The second-order valence-electron chi connectivity index (χ2n) is 3.43. The van der Waals surface area contributed by atoms with Gasteiger partial charge in [0.2, 0.25) is 0 Å². The molecule has 0 fully saturated rings. The fourth-order valence-corrected chi connectivity index (χ4v) is 1.79. The van der Waals surface area contributed by atoms with Crippen LogP contribution in [-0.2, 0) is 6.42 Å². The molecule has 0 bridgehead atoms. The lowest BCUT2D eigenvalue weighted by Gasteiger charge is -2.07. The number of hydrogen-bond acceptors (Lipinski definition) is 2. The van der Waals surface area contributed by atoms with Crippen molar-refractivity contribution in [2.75, 3.05) is 13.1 Å². The third-order valence-electron chi connectivity index (χ3n) is 2.16. The largest absolute Gasteiger partial charge is 0.338 e. The minimum Gasteiger partial charge on any atom is -0.338 e. The molecule has 17 heavy (non-hydrogen) atoms. The quantitative estimate of drug-likeness (QED) is 0.818. The Morgan fingerprint density at radius 1 is 1.29 bits per heavy atom. The van der Waals surface area contributed by atoms with E-state index in [0.29, 0.717) is 19.5 Å². The number of carbonyl (C=O) groups excluding carboxylic acids is 1. The Labute approximate surface area is 109 Å². The standard InChI is InChI=1S/C12H14BrN3O/c13-11-5-2-1-4-10(11)6-9-16-12(17)15-8-3-7-14/h1-2,4-5H,3,6,8-9H2,(H2,15,16,17). The van der Waals surface area contributed by atoms with Crippen LogP contribution in [0, 0.1) is 11.3 Å². The van der Waals surface area contributed by atoms with Gasteiger partial charge in [0, 0.05) is 17.6 Å². The highest BCUT2D eigenvalue weighted by Crippen LogP contribution is 2.15. The smallest absolute Gasteiger partial charge is 0.314 e. The van der Waals surface area contributed by atoms with Crippen LogP contribution < -0.4 is 10.6 Å². The molecule has 0 aliphatic carbocycles. The highest BCUT2D eigenvalue weighted by molar-refractivity contribution is 9.10. The molecule has 1 rings (SSSR count). The lowest BCUT2D eigenvalue weighted by Crippen LogP contribution is -2.37. The monoisotopic (exact) mass is 295 g/mol. The molecule has 0 saturated carbocycles. The van der Waals surface area contributed by atoms with Crippen LogP contribution in [-0.4, -0.2) is 19.1 Å². The molecule has 90 valence electrons. The molecule has 1 aromatic carbocycles. The summed E-state index contributed by atoms with van der Waals surface area (Å²) in [7, 11) is 0. The van der Waals surface area contributed by atoms with Crippen molar-refractivity contribution in [3.63, 3.8) is 0 Å². The van der Waals surface area contributed by atoms with Crippen LogP contribution in [0.25, 0.3) is 0 Å². The number of nitrogens with zero attached hydrogens (tertiary/aromatic N) is 1. The fraction of sp³-hybridized carbons (Fsp3) is 0.333. The summed E-state index contributed by atoms with van der Waals surface area (Å²) in [6, 6.07) is 9.64. The van der Waals surface area contributed by atoms with Gasteiger partial charge in [-0.3, -0.25) is 0 Å². The van der Waals surface area contributed by atoms with E-state index in [9.17, 15) is 4.79 Å². The average molecular weight is 296 g/mol. The second-order valence-corrected chi connectivity index (χ2v) is 4.29. The SMILES string of the molecule is N#CCCNC(=O)NCCc1ccccc1Br. The normalized spacial score (nSPS) is 9.41. The number of nitrogens with one attached hydrogen (secondary N) is 2. The van der Waals surface area contributed by atoms with Crippen molar-refractivity contribution in [1.82, 2.24) is 10.6 Å². The summed E-state index contributed by atoms with van der Waals surface area (Å²) < 4.78 is 1.05. The van der Waals surface area contributed by atoms with Gasteiger partial charge in [-0.2, -0.15) is 5.26 Å². The molecule has 0 aliphatic heterocycles. The van der Waals surface area contributed by atoms with Crippen molar-refractivity contribution in [2.45, 2.75) is 12.8 Å². The molecule has 0 heterocycles. The highest BCUT2D eigenvalue weighted by Gasteiger charge is 2.01. The van der Waals surface area contributed by atoms with E-state index < -0.39 is 0 Å². The van der Waals surface area contributed by atoms with Gasteiger partial charge in [-0.05, 0) is 18.1 Å². The van der Waals surface area contributed by atoms with Gasteiger partial charge in [-0.25, -0.2) is 4.79 Å². The average Bonchev–Trinajstić information content (AvgIpc) is 2.32. The lowest BCUT2D eigenvalue weighted by atomic mass is 10.1. The van der Waals surface area contributed by atoms with Crippen LogP contribution in [0.3, 0.4) is 0 Å². The Balaban J connectivity index is 2.22. The predicted octanol–water partition coefficient (Wildman–Crippen LogP) is 2.20. The lowest BCUT2D eigenvalue weighted by molar-refractivity contribution is 0.241. The van der Waals surface area contributed by atoms with Crippen LogP contribution in [0.5, 0.6) is 0 Å². The van der Waals surface area contributed by atoms with Crippen molar-refractivity contribution >= 4 is 22.0 Å². The van der Waals surface area contributed by atoms with E-state index in [2.05, 4.69) is 26.6 Å². The van der Waals surface area contributed by atoms with Crippen molar-refractivity contribution in [3.05, 3.63) is 34.3 Å². The van der Waals surface area contributed by atoms with Gasteiger partial charge in [-0.1, -0.05) is 34.1 Å². The zero-order valence-corrected chi connectivity index (χ0v) is 11.0. The minimum absolute atomic E-state index is 0.229. The van der Waals surface area contributed by atoms with E-state index in [1.54, 1.807) is 0 Å². The first-order valence-corrected chi connectivity index (χ1v) is 6.15. The number of hydrogen-bond donors (Lipinski definition) is 2. The molecule has 0 radical (unpaired) electrons. The number of benzene rings is 1. The molecule has 1 aromatic rings. The molecule has 5 heteroatoms. The minimum atomic E-state index is -0.229. The number of amides is 2. The van der Waals surface area contributed by atoms with Crippen LogP contribution in [0.2, 0.25) is 0 Å². The van der Waals surface area contributed by atoms with E-state index in [1.165, 1.54) is 0 Å². The summed E-state index contributed by atoms with van der Waals surface area (Å²) in [5.74, 6) is 0. The van der Waals surface area contributed by atoms with Crippen molar-refractivity contribution in [1.29, 1.82) is 5.26 Å². The van der Waals surface area contributed by atoms with Crippen LogP contribution >= 0.6 is 15.9 Å². The van der Waals surface area contributed by atoms with Crippen LogP contribution in [0.4, 0.5) is 4.79 Å². The Morgan fingerprint density at radius 2 is 2.00 bits per heavy atom. The van der Waals surface area contributed by atoms with Gasteiger partial charge in [0.15, 0.2) is 0 Å².